The van der Waals surface area contributed by atoms with Gasteiger partial charge in [-0.1, -0.05) is 0 Å². The second-order valence-electron chi connectivity index (χ2n) is 10.3. The van der Waals surface area contributed by atoms with Crippen LogP contribution < -0.4 is 4.90 Å². The smallest absolute Gasteiger partial charge is 0.380 e. The highest BCUT2D eigenvalue weighted by molar-refractivity contribution is 5.56. The molecule has 9 heteroatoms. The molecule has 5 rings (SSSR count). The van der Waals surface area contributed by atoms with Crippen molar-refractivity contribution in [2.45, 2.75) is 32.0 Å². The highest BCUT2D eigenvalue weighted by Crippen LogP contribution is 2.45. The van der Waals surface area contributed by atoms with E-state index in [2.05, 4.69) is 14.9 Å². The summed E-state index contributed by atoms with van der Waals surface area (Å²) >= 11 is 0. The predicted molar refractivity (Wildman–Crippen MR) is 121 cm³/mol. The lowest BCUT2D eigenvalue weighted by atomic mass is 9.74. The maximum absolute atomic E-state index is 13.6. The number of alkyl halides is 3. The van der Waals surface area contributed by atoms with Gasteiger partial charge in [0.1, 0.15) is 0 Å². The molecule has 0 radical (unpaired) electrons. The minimum absolute atomic E-state index is 0.137. The number of hydrogen-bond acceptors (Lipinski definition) is 5. The van der Waals surface area contributed by atoms with Crippen molar-refractivity contribution in [2.75, 3.05) is 44.3 Å². The van der Waals surface area contributed by atoms with Gasteiger partial charge in [-0.2, -0.15) is 23.5 Å². The standard InChI is InChI=1S/C25H30F3N5O/c1-31-11-19(10-30-31)12-32-7-6-21-13-33(16-24(21,15-32)17-34-14-18-2-3-18)22-5-4-20(9-29)23(8-22)25(26,27)28/h4-5,8,10-11,18,21H,2-3,6-7,12-17H2,1H3/t21-,24+/m0/s1. The molecule has 2 aromatic rings. The van der Waals surface area contributed by atoms with Crippen molar-refractivity contribution < 1.29 is 17.9 Å². The van der Waals surface area contributed by atoms with Crippen molar-refractivity contribution in [3.05, 3.63) is 47.3 Å². The van der Waals surface area contributed by atoms with Crippen molar-refractivity contribution in [3.8, 4) is 6.07 Å². The van der Waals surface area contributed by atoms with Gasteiger partial charge in [0.2, 0.25) is 0 Å². The second kappa shape index (κ2) is 8.90. The number of aryl methyl sites for hydroxylation is 1. The molecule has 0 unspecified atom stereocenters. The van der Waals surface area contributed by atoms with Crippen LogP contribution in [0.4, 0.5) is 18.9 Å². The molecule has 1 aromatic heterocycles. The number of fused-ring (bicyclic) bond motifs is 1. The summed E-state index contributed by atoms with van der Waals surface area (Å²) in [4.78, 5) is 4.49. The third-order valence-corrected chi connectivity index (χ3v) is 7.54. The van der Waals surface area contributed by atoms with E-state index in [1.807, 2.05) is 19.4 Å². The molecular formula is C25H30F3N5O. The van der Waals surface area contributed by atoms with Crippen LogP contribution >= 0.6 is 0 Å². The van der Waals surface area contributed by atoms with Crippen LogP contribution in [0.2, 0.25) is 0 Å². The Labute approximate surface area is 197 Å². The molecule has 6 nitrogen and oxygen atoms in total. The van der Waals surface area contributed by atoms with E-state index in [-0.39, 0.29) is 11.0 Å². The zero-order chi connectivity index (χ0) is 23.9. The number of piperidine rings is 1. The second-order valence-corrected chi connectivity index (χ2v) is 10.3. The fourth-order valence-corrected chi connectivity index (χ4v) is 5.60. The molecule has 1 aromatic carbocycles. The Morgan fingerprint density at radius 1 is 1.24 bits per heavy atom. The quantitative estimate of drug-likeness (QED) is 0.607. The number of hydrogen-bond donors (Lipinski definition) is 0. The Morgan fingerprint density at radius 2 is 2.06 bits per heavy atom. The van der Waals surface area contributed by atoms with Crippen molar-refractivity contribution >= 4 is 5.69 Å². The van der Waals surface area contributed by atoms with Gasteiger partial charge in [0.15, 0.2) is 0 Å². The molecule has 0 amide bonds. The largest absolute Gasteiger partial charge is 0.417 e. The van der Waals surface area contributed by atoms with Gasteiger partial charge in [0.05, 0.1) is 30.0 Å². The lowest BCUT2D eigenvalue weighted by Crippen LogP contribution is -2.51. The van der Waals surface area contributed by atoms with Crippen LogP contribution in [-0.2, 0) is 24.5 Å². The summed E-state index contributed by atoms with van der Waals surface area (Å²) in [7, 11) is 1.91. The molecule has 0 N–H and O–H groups in total. The summed E-state index contributed by atoms with van der Waals surface area (Å²) in [6.45, 7) is 5.34. The summed E-state index contributed by atoms with van der Waals surface area (Å²) in [6, 6.07) is 5.77. The Bertz CT molecular complexity index is 1070. The maximum Gasteiger partial charge on any atom is 0.417 e. The van der Waals surface area contributed by atoms with Crippen LogP contribution in [0, 0.1) is 28.6 Å². The number of nitrogens with zero attached hydrogens (tertiary/aromatic N) is 5. The zero-order valence-corrected chi connectivity index (χ0v) is 19.4. The van der Waals surface area contributed by atoms with Crippen LogP contribution in [0.25, 0.3) is 0 Å². The Hall–Kier alpha value is -2.57. The predicted octanol–water partition coefficient (Wildman–Crippen LogP) is 4.07. The van der Waals surface area contributed by atoms with E-state index < -0.39 is 11.7 Å². The van der Waals surface area contributed by atoms with Crippen molar-refractivity contribution in [3.63, 3.8) is 0 Å². The maximum atomic E-state index is 13.6. The van der Waals surface area contributed by atoms with Crippen LogP contribution in [0.3, 0.4) is 0 Å². The molecule has 2 saturated heterocycles. The average molecular weight is 474 g/mol. The molecule has 1 aliphatic carbocycles. The van der Waals surface area contributed by atoms with Gasteiger partial charge in [0.25, 0.3) is 0 Å². The van der Waals surface area contributed by atoms with Gasteiger partial charge in [-0.15, -0.1) is 0 Å². The number of ether oxygens (including phenoxy) is 1. The van der Waals surface area contributed by atoms with E-state index in [1.165, 1.54) is 18.9 Å². The van der Waals surface area contributed by atoms with Gasteiger partial charge in [-0.25, -0.2) is 0 Å². The molecule has 3 heterocycles. The van der Waals surface area contributed by atoms with Gasteiger partial charge in [-0.05, 0) is 55.8 Å². The average Bonchev–Trinajstić information content (AvgIpc) is 3.41. The number of likely N-dealkylation sites (tertiary alicyclic amines) is 1. The normalized spacial score (nSPS) is 25.4. The van der Waals surface area contributed by atoms with Crippen LogP contribution in [0.5, 0.6) is 0 Å². The van der Waals surface area contributed by atoms with Crippen molar-refractivity contribution in [1.29, 1.82) is 5.26 Å². The third kappa shape index (κ3) is 4.80. The van der Waals surface area contributed by atoms with E-state index in [0.717, 1.165) is 44.3 Å². The molecule has 0 bridgehead atoms. The molecule has 2 aliphatic heterocycles. The number of aromatic nitrogens is 2. The Morgan fingerprint density at radius 3 is 2.74 bits per heavy atom. The van der Waals surface area contributed by atoms with Gasteiger partial charge in [-0.3, -0.25) is 9.58 Å². The fraction of sp³-hybridized carbons (Fsp3) is 0.600. The summed E-state index contributed by atoms with van der Waals surface area (Å²) < 4.78 is 48.7. The van der Waals surface area contributed by atoms with Crippen LogP contribution in [0.1, 0.15) is 36.0 Å². The first-order chi connectivity index (χ1) is 16.3. The number of nitriles is 1. The number of benzene rings is 1. The molecule has 182 valence electrons. The number of anilines is 1. The molecule has 0 spiro atoms. The summed E-state index contributed by atoms with van der Waals surface area (Å²) in [5.41, 5.74) is 0.354. The lowest BCUT2D eigenvalue weighted by molar-refractivity contribution is -0.137. The number of halogens is 3. The first-order valence-electron chi connectivity index (χ1n) is 11.9. The fourth-order valence-electron chi connectivity index (χ4n) is 5.60. The lowest BCUT2D eigenvalue weighted by Gasteiger charge is -2.44. The van der Waals surface area contributed by atoms with Crippen molar-refractivity contribution in [1.82, 2.24) is 14.7 Å². The van der Waals surface area contributed by atoms with E-state index in [1.54, 1.807) is 16.8 Å². The highest BCUT2D eigenvalue weighted by Gasteiger charge is 2.50. The molecular weight excluding hydrogens is 443 g/mol. The van der Waals surface area contributed by atoms with Crippen molar-refractivity contribution in [2.24, 2.45) is 24.3 Å². The first-order valence-corrected chi connectivity index (χ1v) is 11.9. The summed E-state index contributed by atoms with van der Waals surface area (Å²) in [5.74, 6) is 1.01. The Kier molecular flexibility index (Phi) is 6.07. The van der Waals surface area contributed by atoms with E-state index >= 15 is 0 Å². The first kappa shape index (κ1) is 23.2. The van der Waals surface area contributed by atoms with Gasteiger partial charge in [0, 0.05) is 62.7 Å². The van der Waals surface area contributed by atoms with E-state index in [0.29, 0.717) is 37.2 Å². The SMILES string of the molecule is Cn1cc(CN2CC[C@H]3CN(c4ccc(C#N)c(C(F)(F)F)c4)C[C@@]3(COCC3CC3)C2)cn1. The monoisotopic (exact) mass is 473 g/mol. The Balaban J connectivity index is 1.37. The minimum Gasteiger partial charge on any atom is -0.380 e. The number of rotatable bonds is 7. The van der Waals surface area contributed by atoms with Crippen LogP contribution in [0.15, 0.2) is 30.6 Å². The minimum atomic E-state index is -4.56. The molecule has 2 atom stereocenters. The molecule has 34 heavy (non-hydrogen) atoms. The zero-order valence-electron chi connectivity index (χ0n) is 19.4. The highest BCUT2D eigenvalue weighted by atomic mass is 19.4. The summed E-state index contributed by atoms with van der Waals surface area (Å²) in [5, 5.41) is 13.4. The van der Waals surface area contributed by atoms with E-state index in [9.17, 15) is 13.2 Å². The topological polar surface area (TPSA) is 57.3 Å². The molecule has 3 fully saturated rings. The van der Waals surface area contributed by atoms with Gasteiger partial charge < -0.3 is 9.64 Å². The molecule has 3 aliphatic rings. The van der Waals surface area contributed by atoms with Crippen LogP contribution in [-0.4, -0.2) is 54.1 Å². The molecule has 1 saturated carbocycles. The van der Waals surface area contributed by atoms with E-state index in [4.69, 9.17) is 10.00 Å². The third-order valence-electron chi connectivity index (χ3n) is 7.54. The summed E-state index contributed by atoms with van der Waals surface area (Å²) in [6.07, 6.45) is 2.78. The van der Waals surface area contributed by atoms with Gasteiger partial charge >= 0.3 is 6.18 Å².